The molecule has 2 unspecified atom stereocenters. The number of amides is 1. The molecule has 23 heavy (non-hydrogen) atoms. The van der Waals surface area contributed by atoms with Crippen molar-refractivity contribution in [3.63, 3.8) is 0 Å². The first-order chi connectivity index (χ1) is 10.9. The molecule has 0 aliphatic heterocycles. The van der Waals surface area contributed by atoms with Crippen LogP contribution in [0.1, 0.15) is 5.56 Å². The molecule has 1 aromatic rings. The first-order valence-corrected chi connectivity index (χ1v) is 6.99. The fourth-order valence-electron chi connectivity index (χ4n) is 2.13. The summed E-state index contributed by atoms with van der Waals surface area (Å²) in [5, 5.41) is 21.6. The second kappa shape index (κ2) is 8.57. The lowest BCUT2D eigenvalue weighted by Gasteiger charge is -2.36. The van der Waals surface area contributed by atoms with E-state index in [0.717, 1.165) is 0 Å². The first-order valence-electron chi connectivity index (χ1n) is 6.99. The van der Waals surface area contributed by atoms with Crippen molar-refractivity contribution in [2.24, 2.45) is 5.41 Å². The fraction of sp³-hybridized carbons (Fsp3) is 0.438. The van der Waals surface area contributed by atoms with E-state index in [2.05, 4.69) is 11.9 Å². The minimum Gasteiger partial charge on any atom is -0.503 e. The van der Waals surface area contributed by atoms with Crippen molar-refractivity contribution in [3.05, 3.63) is 48.2 Å². The summed E-state index contributed by atoms with van der Waals surface area (Å²) in [5.74, 6) is -1.82. The second-order valence-corrected chi connectivity index (χ2v) is 5.42. The number of nitrogens with one attached hydrogen (secondary N) is 1. The summed E-state index contributed by atoms with van der Waals surface area (Å²) in [6.45, 7) is -1.25. The molecule has 1 rings (SSSR count). The van der Waals surface area contributed by atoms with Gasteiger partial charge in [-0.2, -0.15) is 0 Å². The molecule has 0 saturated carbocycles. The Morgan fingerprint density at radius 2 is 1.70 bits per heavy atom. The third-order valence-electron chi connectivity index (χ3n) is 3.68. The summed E-state index contributed by atoms with van der Waals surface area (Å²) in [4.78, 5) is 11.6. The quantitative estimate of drug-likeness (QED) is 0.479. The topological polar surface area (TPSA) is 69.6 Å². The normalized spacial score (nSPS) is 14.1. The SMILES string of the molecule is C=C(O)C(=O)NC(Cc1ccccc1)C(O)C(CF)(CF)CF. The largest absolute Gasteiger partial charge is 0.503 e. The Morgan fingerprint density at radius 3 is 2.13 bits per heavy atom. The maximum absolute atomic E-state index is 13.1. The van der Waals surface area contributed by atoms with Crippen LogP contribution in [-0.4, -0.2) is 48.3 Å². The standard InChI is InChI=1S/C16H20F3NO3/c1-11(21)15(23)20-13(7-12-5-3-2-4-6-12)14(22)16(8-17,9-18)10-19/h2-6,13-14,21-22H,1,7-10H2,(H,20,23). The predicted molar refractivity (Wildman–Crippen MR) is 80.2 cm³/mol. The molecule has 2 atom stereocenters. The molecule has 0 saturated heterocycles. The van der Waals surface area contributed by atoms with Crippen LogP contribution in [0.2, 0.25) is 0 Å². The monoisotopic (exact) mass is 331 g/mol. The number of rotatable bonds is 9. The summed E-state index contributed by atoms with van der Waals surface area (Å²) in [6, 6.07) is 7.33. The third-order valence-corrected chi connectivity index (χ3v) is 3.68. The highest BCUT2D eigenvalue weighted by Gasteiger charge is 2.44. The van der Waals surface area contributed by atoms with Gasteiger partial charge in [0.05, 0.1) is 17.6 Å². The summed E-state index contributed by atoms with van der Waals surface area (Å²) in [5.41, 5.74) is -1.60. The Hall–Kier alpha value is -2.02. The van der Waals surface area contributed by atoms with E-state index in [1.165, 1.54) is 0 Å². The molecule has 4 nitrogen and oxygen atoms in total. The lowest BCUT2D eigenvalue weighted by Crippen LogP contribution is -2.55. The van der Waals surface area contributed by atoms with Gasteiger partial charge in [-0.15, -0.1) is 0 Å². The molecule has 0 heterocycles. The molecule has 7 heteroatoms. The lowest BCUT2D eigenvalue weighted by molar-refractivity contribution is -0.123. The molecule has 0 bridgehead atoms. The Balaban J connectivity index is 3.06. The lowest BCUT2D eigenvalue weighted by atomic mass is 9.80. The highest BCUT2D eigenvalue weighted by atomic mass is 19.1. The number of hydrogen-bond acceptors (Lipinski definition) is 3. The van der Waals surface area contributed by atoms with Gasteiger partial charge in [-0.05, 0) is 12.0 Å². The zero-order valence-electron chi connectivity index (χ0n) is 12.5. The highest BCUT2D eigenvalue weighted by Crippen LogP contribution is 2.28. The van der Waals surface area contributed by atoms with Crippen LogP contribution in [0.5, 0.6) is 0 Å². The van der Waals surface area contributed by atoms with E-state index in [-0.39, 0.29) is 6.42 Å². The molecule has 1 aromatic carbocycles. The third kappa shape index (κ3) is 4.72. The van der Waals surface area contributed by atoms with Gasteiger partial charge in [0.25, 0.3) is 5.91 Å². The van der Waals surface area contributed by atoms with Crippen molar-refractivity contribution in [2.45, 2.75) is 18.6 Å². The molecule has 0 spiro atoms. The van der Waals surface area contributed by atoms with Gasteiger partial charge in [-0.25, -0.2) is 0 Å². The number of benzene rings is 1. The van der Waals surface area contributed by atoms with Crippen LogP contribution in [0.15, 0.2) is 42.7 Å². The number of alkyl halides is 3. The Labute approximate surface area is 132 Å². The second-order valence-electron chi connectivity index (χ2n) is 5.42. The van der Waals surface area contributed by atoms with Crippen molar-refractivity contribution in [2.75, 3.05) is 20.0 Å². The minimum atomic E-state index is -2.26. The molecular weight excluding hydrogens is 311 g/mol. The summed E-state index contributed by atoms with van der Waals surface area (Å²) < 4.78 is 39.4. The van der Waals surface area contributed by atoms with Crippen molar-refractivity contribution in [1.82, 2.24) is 5.32 Å². The van der Waals surface area contributed by atoms with E-state index in [4.69, 9.17) is 5.11 Å². The van der Waals surface area contributed by atoms with E-state index in [1.807, 2.05) is 0 Å². The highest BCUT2D eigenvalue weighted by molar-refractivity contribution is 5.90. The van der Waals surface area contributed by atoms with Gasteiger partial charge >= 0.3 is 0 Å². The van der Waals surface area contributed by atoms with Crippen LogP contribution in [0.3, 0.4) is 0 Å². The predicted octanol–water partition coefficient (Wildman–Crippen LogP) is 2.04. The zero-order chi connectivity index (χ0) is 17.5. The molecule has 1 amide bonds. The van der Waals surface area contributed by atoms with Crippen LogP contribution in [0.25, 0.3) is 0 Å². The van der Waals surface area contributed by atoms with Crippen molar-refractivity contribution < 1.29 is 28.2 Å². The summed E-state index contributed by atoms with van der Waals surface area (Å²) >= 11 is 0. The van der Waals surface area contributed by atoms with Gasteiger partial charge in [0.1, 0.15) is 20.0 Å². The molecule has 3 N–H and O–H groups in total. The number of aliphatic hydroxyl groups excluding tert-OH is 2. The van der Waals surface area contributed by atoms with Gasteiger partial charge in [0, 0.05) is 0 Å². The molecule has 0 radical (unpaired) electrons. The van der Waals surface area contributed by atoms with Crippen molar-refractivity contribution >= 4 is 5.91 Å². The minimum absolute atomic E-state index is 0.00275. The van der Waals surface area contributed by atoms with Crippen molar-refractivity contribution in [3.8, 4) is 0 Å². The van der Waals surface area contributed by atoms with Crippen LogP contribution in [0.4, 0.5) is 13.2 Å². The molecule has 0 aromatic heterocycles. The van der Waals surface area contributed by atoms with E-state index < -0.39 is 49.3 Å². The molecular formula is C16H20F3NO3. The van der Waals surface area contributed by atoms with Gasteiger partial charge in [0.15, 0.2) is 5.76 Å². The van der Waals surface area contributed by atoms with Gasteiger partial charge in [-0.1, -0.05) is 36.9 Å². The number of aliphatic hydroxyl groups is 2. The average Bonchev–Trinajstić information content (AvgIpc) is 2.57. The Kier molecular flexibility index (Phi) is 7.09. The smallest absolute Gasteiger partial charge is 0.285 e. The van der Waals surface area contributed by atoms with Gasteiger partial charge in [-0.3, -0.25) is 18.0 Å². The fourth-order valence-corrected chi connectivity index (χ4v) is 2.13. The average molecular weight is 331 g/mol. The number of carbonyl (C=O) groups is 1. The van der Waals surface area contributed by atoms with Crippen LogP contribution >= 0.6 is 0 Å². The van der Waals surface area contributed by atoms with Crippen LogP contribution in [-0.2, 0) is 11.2 Å². The van der Waals surface area contributed by atoms with Crippen LogP contribution < -0.4 is 5.32 Å². The number of carbonyl (C=O) groups excluding carboxylic acids is 1. The van der Waals surface area contributed by atoms with E-state index in [1.54, 1.807) is 30.3 Å². The van der Waals surface area contributed by atoms with E-state index >= 15 is 0 Å². The maximum Gasteiger partial charge on any atom is 0.285 e. The first kappa shape index (κ1) is 19.0. The molecule has 0 aliphatic rings. The van der Waals surface area contributed by atoms with Crippen molar-refractivity contribution in [1.29, 1.82) is 0 Å². The van der Waals surface area contributed by atoms with Gasteiger partial charge in [0.2, 0.25) is 0 Å². The number of halogens is 3. The zero-order valence-corrected chi connectivity index (χ0v) is 12.5. The molecule has 128 valence electrons. The van der Waals surface area contributed by atoms with E-state index in [0.29, 0.717) is 5.56 Å². The Morgan fingerprint density at radius 1 is 1.17 bits per heavy atom. The molecule has 0 fully saturated rings. The Bertz CT molecular complexity index is 512. The van der Waals surface area contributed by atoms with Crippen LogP contribution in [0, 0.1) is 5.41 Å². The summed E-state index contributed by atoms with van der Waals surface area (Å²) in [6.07, 6.45) is -1.83. The van der Waals surface area contributed by atoms with Gasteiger partial charge < -0.3 is 15.5 Å². The maximum atomic E-state index is 13.1. The summed E-state index contributed by atoms with van der Waals surface area (Å²) in [7, 11) is 0. The molecule has 0 aliphatic carbocycles. The van der Waals surface area contributed by atoms with E-state index in [9.17, 15) is 23.1 Å². The number of hydrogen-bond donors (Lipinski definition) is 3.